The van der Waals surface area contributed by atoms with Crippen LogP contribution in [0.3, 0.4) is 0 Å². The van der Waals surface area contributed by atoms with Crippen LogP contribution in [0.15, 0.2) is 36.4 Å². The normalized spacial score (nSPS) is 10.5. The summed E-state index contributed by atoms with van der Waals surface area (Å²) in [4.78, 5) is 26.4. The van der Waals surface area contributed by atoms with Crippen molar-refractivity contribution in [2.24, 2.45) is 0 Å². The Balaban J connectivity index is 1.89. The molecule has 2 aromatic carbocycles. The molecule has 2 rings (SSSR count). The summed E-state index contributed by atoms with van der Waals surface area (Å²) >= 11 is 0. The average molecular weight is 430 g/mol. The van der Waals surface area contributed by atoms with Crippen molar-refractivity contribution in [1.29, 1.82) is 0 Å². The maximum absolute atomic E-state index is 12.4. The molecule has 0 saturated heterocycles. The third-order valence-corrected chi connectivity index (χ3v) is 4.76. The molecule has 0 bridgehead atoms. The van der Waals surface area contributed by atoms with E-state index in [4.69, 9.17) is 14.2 Å². The maximum atomic E-state index is 12.4. The third-order valence-electron chi connectivity index (χ3n) is 4.76. The first-order valence-electron chi connectivity index (χ1n) is 10.0. The van der Waals surface area contributed by atoms with E-state index in [0.29, 0.717) is 17.2 Å². The van der Waals surface area contributed by atoms with Gasteiger partial charge < -0.3 is 24.8 Å². The number of carbonyl (C=O) groups excluding carboxylic acids is 2. The quantitative estimate of drug-likeness (QED) is 0.570. The van der Waals surface area contributed by atoms with Gasteiger partial charge in [-0.1, -0.05) is 25.1 Å². The van der Waals surface area contributed by atoms with E-state index in [9.17, 15) is 9.59 Å². The van der Waals surface area contributed by atoms with E-state index in [1.807, 2.05) is 31.2 Å². The number of likely N-dealkylation sites (N-methyl/N-ethyl adjacent to an activating group) is 1. The number of rotatable bonds is 11. The second-order valence-corrected chi connectivity index (χ2v) is 7.03. The lowest BCUT2D eigenvalue weighted by molar-refractivity contribution is -0.123. The molecule has 2 N–H and O–H groups in total. The molecule has 8 heteroatoms. The Morgan fingerprint density at radius 2 is 1.48 bits per heavy atom. The van der Waals surface area contributed by atoms with Gasteiger partial charge in [0, 0.05) is 23.9 Å². The van der Waals surface area contributed by atoms with E-state index in [1.54, 1.807) is 45.4 Å². The number of methoxy groups -OCH3 is 3. The number of anilines is 1. The van der Waals surface area contributed by atoms with Gasteiger partial charge in [-0.25, -0.2) is 0 Å². The summed E-state index contributed by atoms with van der Waals surface area (Å²) in [5.41, 5.74) is 2.62. The number of hydrogen-bond donors (Lipinski definition) is 2. The fourth-order valence-corrected chi connectivity index (χ4v) is 3.17. The summed E-state index contributed by atoms with van der Waals surface area (Å²) in [6, 6.07) is 11.2. The summed E-state index contributed by atoms with van der Waals surface area (Å²) in [6.07, 6.45) is 0.828. The minimum absolute atomic E-state index is 0.0818. The Morgan fingerprint density at radius 3 is 2.13 bits per heavy atom. The number of ether oxygens (including phenoxy) is 3. The van der Waals surface area contributed by atoms with Crippen LogP contribution in [-0.2, 0) is 22.6 Å². The van der Waals surface area contributed by atoms with Crippen LogP contribution in [0.2, 0.25) is 0 Å². The molecule has 31 heavy (non-hydrogen) atoms. The molecule has 0 atom stereocenters. The van der Waals surface area contributed by atoms with E-state index in [2.05, 4.69) is 10.6 Å². The third kappa shape index (κ3) is 6.89. The lowest BCUT2D eigenvalue weighted by atomic mass is 10.1. The number of benzene rings is 2. The zero-order valence-electron chi connectivity index (χ0n) is 18.8. The summed E-state index contributed by atoms with van der Waals surface area (Å²) < 4.78 is 16.0. The Labute approximate surface area is 183 Å². The van der Waals surface area contributed by atoms with E-state index >= 15 is 0 Å². The molecule has 0 saturated carbocycles. The molecule has 0 unspecified atom stereocenters. The summed E-state index contributed by atoms with van der Waals surface area (Å²) in [5.74, 6) is 1.30. The zero-order chi connectivity index (χ0) is 22.8. The molecule has 0 aromatic heterocycles. The minimum atomic E-state index is -0.207. The first-order chi connectivity index (χ1) is 14.9. The second-order valence-electron chi connectivity index (χ2n) is 7.03. The van der Waals surface area contributed by atoms with Gasteiger partial charge in [0.05, 0.1) is 34.4 Å². The number of nitrogens with zero attached hydrogens (tertiary/aromatic N) is 1. The van der Waals surface area contributed by atoms with Crippen LogP contribution < -0.4 is 24.8 Å². The Kier molecular flexibility index (Phi) is 9.14. The summed E-state index contributed by atoms with van der Waals surface area (Å²) in [7, 11) is 6.37. The van der Waals surface area contributed by atoms with E-state index in [1.165, 1.54) is 0 Å². The Hall–Kier alpha value is -3.26. The molecule has 0 heterocycles. The van der Waals surface area contributed by atoms with Gasteiger partial charge in [0.25, 0.3) is 0 Å². The minimum Gasteiger partial charge on any atom is -0.496 e. The Morgan fingerprint density at radius 1 is 0.871 bits per heavy atom. The van der Waals surface area contributed by atoms with Gasteiger partial charge in [0.1, 0.15) is 5.75 Å². The van der Waals surface area contributed by atoms with Crippen molar-refractivity contribution in [3.63, 3.8) is 0 Å². The van der Waals surface area contributed by atoms with Crippen LogP contribution in [0.4, 0.5) is 5.69 Å². The highest BCUT2D eigenvalue weighted by Crippen LogP contribution is 2.34. The molecule has 2 amide bonds. The first kappa shape index (κ1) is 24.0. The lowest BCUT2D eigenvalue weighted by Crippen LogP contribution is -2.38. The number of carbonyl (C=O) groups is 2. The smallest absolute Gasteiger partial charge is 0.238 e. The fourth-order valence-electron chi connectivity index (χ4n) is 3.17. The molecular formula is C23H31N3O5. The van der Waals surface area contributed by atoms with Crippen molar-refractivity contribution in [3.8, 4) is 17.2 Å². The maximum Gasteiger partial charge on any atom is 0.238 e. The van der Waals surface area contributed by atoms with Crippen LogP contribution in [0.25, 0.3) is 0 Å². The van der Waals surface area contributed by atoms with Crippen molar-refractivity contribution in [2.75, 3.05) is 46.8 Å². The zero-order valence-corrected chi connectivity index (χ0v) is 18.8. The number of aryl methyl sites for hydroxylation is 1. The van der Waals surface area contributed by atoms with Gasteiger partial charge in [-0.3, -0.25) is 14.5 Å². The fraction of sp³-hybridized carbons (Fsp3) is 0.391. The molecule has 8 nitrogen and oxygen atoms in total. The first-order valence-corrected chi connectivity index (χ1v) is 10.0. The molecular weight excluding hydrogens is 398 g/mol. The summed E-state index contributed by atoms with van der Waals surface area (Å²) in [6.45, 7) is 2.48. The van der Waals surface area contributed by atoms with Crippen molar-refractivity contribution >= 4 is 17.5 Å². The van der Waals surface area contributed by atoms with Crippen LogP contribution in [-0.4, -0.2) is 58.2 Å². The number of para-hydroxylation sites is 1. The molecule has 2 aromatic rings. The van der Waals surface area contributed by atoms with Crippen LogP contribution >= 0.6 is 0 Å². The molecule has 0 fully saturated rings. The Bertz CT molecular complexity index is 901. The van der Waals surface area contributed by atoms with Crippen molar-refractivity contribution in [1.82, 2.24) is 10.2 Å². The number of amides is 2. The largest absolute Gasteiger partial charge is 0.496 e. The van der Waals surface area contributed by atoms with Crippen molar-refractivity contribution in [3.05, 3.63) is 47.5 Å². The van der Waals surface area contributed by atoms with Crippen molar-refractivity contribution < 1.29 is 23.8 Å². The second kappa shape index (κ2) is 11.8. The number of hydrogen-bond acceptors (Lipinski definition) is 6. The van der Waals surface area contributed by atoms with Gasteiger partial charge in [0.15, 0.2) is 11.5 Å². The highest BCUT2D eigenvalue weighted by atomic mass is 16.5. The molecule has 168 valence electrons. The van der Waals surface area contributed by atoms with E-state index in [0.717, 1.165) is 23.2 Å². The molecule has 0 aliphatic heterocycles. The summed E-state index contributed by atoms with van der Waals surface area (Å²) in [5, 5.41) is 5.75. The SMILES string of the molecule is CCc1ccccc1NC(=O)CN(C)CC(=O)NCc1cc(OC)c(OC)cc1OC. The van der Waals surface area contributed by atoms with Crippen LogP contribution in [0.5, 0.6) is 17.2 Å². The average Bonchev–Trinajstić information content (AvgIpc) is 2.77. The standard InChI is InChI=1S/C23H31N3O5/c1-6-16-9-7-8-10-18(16)25-23(28)15-26(2)14-22(27)24-13-17-11-20(30-4)21(31-5)12-19(17)29-3/h7-12H,6,13-15H2,1-5H3,(H,24,27)(H,25,28). The monoisotopic (exact) mass is 429 g/mol. The van der Waals surface area contributed by atoms with Crippen molar-refractivity contribution in [2.45, 2.75) is 19.9 Å². The van der Waals surface area contributed by atoms with E-state index in [-0.39, 0.29) is 31.4 Å². The van der Waals surface area contributed by atoms with Crippen LogP contribution in [0.1, 0.15) is 18.1 Å². The van der Waals surface area contributed by atoms with Gasteiger partial charge >= 0.3 is 0 Å². The van der Waals surface area contributed by atoms with Crippen LogP contribution in [0, 0.1) is 0 Å². The van der Waals surface area contributed by atoms with E-state index < -0.39 is 0 Å². The molecule has 0 aliphatic carbocycles. The van der Waals surface area contributed by atoms with Gasteiger partial charge in [-0.15, -0.1) is 0 Å². The molecule has 0 aliphatic rings. The lowest BCUT2D eigenvalue weighted by Gasteiger charge is -2.18. The van der Waals surface area contributed by atoms with Gasteiger partial charge in [-0.2, -0.15) is 0 Å². The predicted octanol–water partition coefficient (Wildman–Crippen LogP) is 2.46. The van der Waals surface area contributed by atoms with Gasteiger partial charge in [-0.05, 0) is 31.2 Å². The molecule has 0 radical (unpaired) electrons. The van der Waals surface area contributed by atoms with Gasteiger partial charge in [0.2, 0.25) is 11.8 Å². The number of nitrogens with one attached hydrogen (secondary N) is 2. The predicted molar refractivity (Wildman–Crippen MR) is 120 cm³/mol. The highest BCUT2D eigenvalue weighted by molar-refractivity contribution is 5.93. The topological polar surface area (TPSA) is 89.1 Å². The highest BCUT2D eigenvalue weighted by Gasteiger charge is 2.15. The molecule has 0 spiro atoms.